The van der Waals surface area contributed by atoms with Gasteiger partial charge in [0, 0.05) is 13.1 Å². The summed E-state index contributed by atoms with van der Waals surface area (Å²) < 4.78 is 37.3. The molecule has 1 heterocycles. The Labute approximate surface area is 108 Å². The summed E-state index contributed by atoms with van der Waals surface area (Å²) in [4.78, 5) is 12.1. The van der Waals surface area contributed by atoms with E-state index in [-0.39, 0.29) is 6.54 Å². The molecule has 1 aromatic rings. The number of amides is 1. The van der Waals surface area contributed by atoms with E-state index in [2.05, 4.69) is 0 Å². The molecule has 0 atom stereocenters. The van der Waals surface area contributed by atoms with Crippen molar-refractivity contribution in [1.29, 1.82) is 0 Å². The van der Waals surface area contributed by atoms with Crippen LogP contribution in [0.25, 0.3) is 5.57 Å². The molecule has 3 nitrogen and oxygen atoms in total. The van der Waals surface area contributed by atoms with Crippen molar-refractivity contribution >= 4 is 11.7 Å². The zero-order chi connectivity index (χ0) is 14.0. The highest BCUT2D eigenvalue weighted by molar-refractivity contribution is 5.74. The second-order valence-corrected chi connectivity index (χ2v) is 4.30. The molecule has 0 spiro atoms. The smallest absolute Gasteiger partial charge is 0.416 e. The third-order valence-electron chi connectivity index (χ3n) is 3.00. The number of alkyl halides is 3. The van der Waals surface area contributed by atoms with Crippen molar-refractivity contribution in [3.8, 4) is 0 Å². The Morgan fingerprint density at radius 2 is 1.84 bits per heavy atom. The third-order valence-corrected chi connectivity index (χ3v) is 3.00. The molecule has 2 rings (SSSR count). The molecule has 0 saturated carbocycles. The van der Waals surface area contributed by atoms with Crippen LogP contribution in [0.1, 0.15) is 17.5 Å². The molecule has 19 heavy (non-hydrogen) atoms. The van der Waals surface area contributed by atoms with Gasteiger partial charge in [-0.15, -0.1) is 0 Å². The molecule has 0 aliphatic carbocycles. The predicted molar refractivity (Wildman–Crippen MR) is 63.6 cm³/mol. The minimum absolute atomic E-state index is 0.209. The van der Waals surface area contributed by atoms with Crippen molar-refractivity contribution in [2.24, 2.45) is 0 Å². The summed E-state index contributed by atoms with van der Waals surface area (Å²) in [6.07, 6.45) is -2.94. The van der Waals surface area contributed by atoms with Crippen LogP contribution in [-0.2, 0) is 6.18 Å². The van der Waals surface area contributed by atoms with E-state index >= 15 is 0 Å². The molecule has 102 valence electrons. The average molecular weight is 271 g/mol. The van der Waals surface area contributed by atoms with Crippen LogP contribution in [0.5, 0.6) is 0 Å². The van der Waals surface area contributed by atoms with Crippen LogP contribution >= 0.6 is 0 Å². The van der Waals surface area contributed by atoms with Gasteiger partial charge in [0.15, 0.2) is 0 Å². The van der Waals surface area contributed by atoms with E-state index in [9.17, 15) is 18.0 Å². The molecule has 1 aliphatic rings. The summed E-state index contributed by atoms with van der Waals surface area (Å²) in [6.45, 7) is 0.625. The number of rotatable bonds is 1. The number of hydrogen-bond acceptors (Lipinski definition) is 1. The summed E-state index contributed by atoms with van der Waals surface area (Å²) in [5.74, 6) is 0. The molecule has 0 unspecified atom stereocenters. The van der Waals surface area contributed by atoms with Gasteiger partial charge in [-0.05, 0) is 29.7 Å². The van der Waals surface area contributed by atoms with Crippen molar-refractivity contribution in [2.45, 2.75) is 12.6 Å². The fourth-order valence-electron chi connectivity index (χ4n) is 1.99. The van der Waals surface area contributed by atoms with Crippen LogP contribution in [-0.4, -0.2) is 29.2 Å². The number of carboxylic acid groups (broad SMARTS) is 1. The van der Waals surface area contributed by atoms with E-state index in [1.54, 1.807) is 0 Å². The van der Waals surface area contributed by atoms with Crippen LogP contribution < -0.4 is 0 Å². The molecular formula is C13H12F3NO2. The Balaban J connectivity index is 2.19. The largest absolute Gasteiger partial charge is 0.465 e. The van der Waals surface area contributed by atoms with Gasteiger partial charge in [-0.3, -0.25) is 0 Å². The van der Waals surface area contributed by atoms with Gasteiger partial charge in [0.25, 0.3) is 0 Å². The van der Waals surface area contributed by atoms with Gasteiger partial charge in [0.2, 0.25) is 0 Å². The molecule has 0 aromatic heterocycles. The molecule has 6 heteroatoms. The van der Waals surface area contributed by atoms with Crippen LogP contribution in [0.4, 0.5) is 18.0 Å². The molecule has 0 radical (unpaired) electrons. The Kier molecular flexibility index (Phi) is 3.50. The Hall–Kier alpha value is -1.98. The lowest BCUT2D eigenvalue weighted by Crippen LogP contribution is -2.34. The maximum atomic E-state index is 12.4. The molecule has 0 fully saturated rings. The van der Waals surface area contributed by atoms with Crippen molar-refractivity contribution < 1.29 is 23.1 Å². The van der Waals surface area contributed by atoms with Gasteiger partial charge >= 0.3 is 12.3 Å². The van der Waals surface area contributed by atoms with Crippen molar-refractivity contribution in [3.05, 3.63) is 41.5 Å². The number of hydrogen-bond donors (Lipinski definition) is 1. The Bertz CT molecular complexity index is 506. The van der Waals surface area contributed by atoms with Gasteiger partial charge in [-0.1, -0.05) is 18.2 Å². The van der Waals surface area contributed by atoms with Crippen molar-refractivity contribution in [3.63, 3.8) is 0 Å². The lowest BCUT2D eigenvalue weighted by Gasteiger charge is -2.25. The Morgan fingerprint density at radius 1 is 1.21 bits per heavy atom. The normalized spacial score (nSPS) is 16.2. The van der Waals surface area contributed by atoms with E-state index in [1.807, 2.05) is 6.08 Å². The lowest BCUT2D eigenvalue weighted by molar-refractivity contribution is -0.137. The van der Waals surface area contributed by atoms with Gasteiger partial charge in [0.1, 0.15) is 0 Å². The van der Waals surface area contributed by atoms with Crippen LogP contribution in [0, 0.1) is 0 Å². The number of halogens is 3. The monoisotopic (exact) mass is 271 g/mol. The SMILES string of the molecule is O=C(O)N1CCC=C(c2ccc(C(F)(F)F)cc2)C1. The highest BCUT2D eigenvalue weighted by atomic mass is 19.4. The van der Waals surface area contributed by atoms with Gasteiger partial charge in [0.05, 0.1) is 5.56 Å². The van der Waals surface area contributed by atoms with E-state index in [0.29, 0.717) is 18.5 Å². The van der Waals surface area contributed by atoms with Crippen molar-refractivity contribution in [1.82, 2.24) is 4.90 Å². The molecule has 1 N–H and O–H groups in total. The maximum Gasteiger partial charge on any atom is 0.416 e. The van der Waals surface area contributed by atoms with E-state index in [1.165, 1.54) is 17.0 Å². The van der Waals surface area contributed by atoms with E-state index in [4.69, 9.17) is 5.11 Å². The second-order valence-electron chi connectivity index (χ2n) is 4.30. The number of benzene rings is 1. The highest BCUT2D eigenvalue weighted by Crippen LogP contribution is 2.30. The molecule has 1 aromatic carbocycles. The summed E-state index contributed by atoms with van der Waals surface area (Å²) >= 11 is 0. The molecular weight excluding hydrogens is 259 g/mol. The van der Waals surface area contributed by atoms with E-state index < -0.39 is 17.8 Å². The first-order valence-electron chi connectivity index (χ1n) is 5.72. The summed E-state index contributed by atoms with van der Waals surface area (Å²) in [5, 5.41) is 8.90. The molecule has 1 amide bonds. The first kappa shape index (κ1) is 13.5. The topological polar surface area (TPSA) is 40.5 Å². The first-order chi connectivity index (χ1) is 8.88. The minimum atomic E-state index is -4.35. The molecule has 1 aliphatic heterocycles. The van der Waals surface area contributed by atoms with E-state index in [0.717, 1.165) is 17.7 Å². The van der Waals surface area contributed by atoms with Gasteiger partial charge in [-0.25, -0.2) is 4.79 Å². The maximum absolute atomic E-state index is 12.4. The van der Waals surface area contributed by atoms with Crippen molar-refractivity contribution in [2.75, 3.05) is 13.1 Å². The van der Waals surface area contributed by atoms with Crippen LogP contribution in [0.15, 0.2) is 30.3 Å². The first-order valence-corrected chi connectivity index (χ1v) is 5.72. The quantitative estimate of drug-likeness (QED) is 0.849. The fraction of sp³-hybridized carbons (Fsp3) is 0.308. The summed E-state index contributed by atoms with van der Waals surface area (Å²) in [7, 11) is 0. The Morgan fingerprint density at radius 3 is 2.37 bits per heavy atom. The number of nitrogens with zero attached hydrogens (tertiary/aromatic N) is 1. The molecule has 0 saturated heterocycles. The van der Waals surface area contributed by atoms with Crippen LogP contribution in [0.3, 0.4) is 0 Å². The summed E-state index contributed by atoms with van der Waals surface area (Å²) in [5.41, 5.74) is 0.657. The van der Waals surface area contributed by atoms with Gasteiger partial charge < -0.3 is 10.0 Å². The summed E-state index contributed by atoms with van der Waals surface area (Å²) in [6, 6.07) is 4.77. The van der Waals surface area contributed by atoms with Gasteiger partial charge in [-0.2, -0.15) is 13.2 Å². The number of carbonyl (C=O) groups is 1. The molecule has 0 bridgehead atoms. The highest BCUT2D eigenvalue weighted by Gasteiger charge is 2.30. The second kappa shape index (κ2) is 4.95. The zero-order valence-corrected chi connectivity index (χ0v) is 9.94. The predicted octanol–water partition coefficient (Wildman–Crippen LogP) is 3.47. The zero-order valence-electron chi connectivity index (χ0n) is 9.94. The third kappa shape index (κ3) is 3.07. The lowest BCUT2D eigenvalue weighted by atomic mass is 10.00. The van der Waals surface area contributed by atoms with Crippen LogP contribution in [0.2, 0.25) is 0 Å². The fourth-order valence-corrected chi connectivity index (χ4v) is 1.99. The standard InChI is InChI=1S/C13H12F3NO2/c14-13(15,16)11-5-3-9(4-6-11)10-2-1-7-17(8-10)12(18)19/h2-6H,1,7-8H2,(H,18,19). The minimum Gasteiger partial charge on any atom is -0.465 e. The average Bonchev–Trinajstić information content (AvgIpc) is 2.38.